The Hall–Kier alpha value is -1.98. The number of carbonyl (C=O) groups is 1. The fourth-order valence-electron chi connectivity index (χ4n) is 5.42. The van der Waals surface area contributed by atoms with Gasteiger partial charge in [0.05, 0.1) is 11.0 Å². The molecule has 0 aliphatic heterocycles. The number of aliphatic hydroxyl groups is 1. The van der Waals surface area contributed by atoms with Crippen molar-refractivity contribution >= 4 is 28.2 Å². The van der Waals surface area contributed by atoms with Gasteiger partial charge in [-0.2, -0.15) is 0 Å². The van der Waals surface area contributed by atoms with Crippen molar-refractivity contribution in [3.05, 3.63) is 52.0 Å². The van der Waals surface area contributed by atoms with Gasteiger partial charge in [-0.15, -0.1) is 11.3 Å². The van der Waals surface area contributed by atoms with E-state index in [1.54, 1.807) is 11.3 Å². The highest BCUT2D eigenvalue weighted by atomic mass is 32.1. The molecule has 0 bridgehead atoms. The molecular formula is C27H36N2O2S. The molecule has 0 amide bonds. The molecule has 2 heterocycles. The second kappa shape index (κ2) is 10.8. The summed E-state index contributed by atoms with van der Waals surface area (Å²) in [7, 11) is 0. The number of fused-ring (bicyclic) bond motifs is 1. The fraction of sp³-hybridized carbons (Fsp3) is 0.556. The highest BCUT2D eigenvalue weighted by Crippen LogP contribution is 2.33. The van der Waals surface area contributed by atoms with E-state index in [1.807, 2.05) is 12.1 Å². The van der Waals surface area contributed by atoms with E-state index in [-0.39, 0.29) is 18.3 Å². The van der Waals surface area contributed by atoms with Crippen LogP contribution in [-0.4, -0.2) is 27.0 Å². The molecule has 3 aromatic rings. The number of rotatable bonds is 10. The number of aliphatic hydroxyl groups excluding tert-OH is 1. The number of imidazole rings is 1. The van der Waals surface area contributed by atoms with Crippen molar-refractivity contribution in [1.82, 2.24) is 9.55 Å². The Kier molecular flexibility index (Phi) is 7.80. The van der Waals surface area contributed by atoms with Gasteiger partial charge in [-0.3, -0.25) is 4.79 Å². The predicted octanol–water partition coefficient (Wildman–Crippen LogP) is 6.81. The zero-order valence-corrected chi connectivity index (χ0v) is 20.2. The number of nitrogens with zero attached hydrogens (tertiary/aromatic N) is 2. The normalized spacial score (nSPS) is 16.1. The summed E-state index contributed by atoms with van der Waals surface area (Å²) in [6.45, 7) is 4.56. The lowest BCUT2D eigenvalue weighted by molar-refractivity contribution is 0.0863. The lowest BCUT2D eigenvalue weighted by Gasteiger charge is -2.28. The quantitative estimate of drug-likeness (QED) is 0.344. The maximum Gasteiger partial charge on any atom is 0.163 e. The summed E-state index contributed by atoms with van der Waals surface area (Å²) in [4.78, 5) is 19.5. The van der Waals surface area contributed by atoms with E-state index in [0.29, 0.717) is 18.4 Å². The van der Waals surface area contributed by atoms with Crippen molar-refractivity contribution in [3.63, 3.8) is 0 Å². The summed E-state index contributed by atoms with van der Waals surface area (Å²) >= 11 is 1.76. The van der Waals surface area contributed by atoms with Crippen LogP contribution in [0.15, 0.2) is 35.7 Å². The average Bonchev–Trinajstić information content (AvgIpc) is 3.46. The van der Waals surface area contributed by atoms with Crippen LogP contribution in [0.1, 0.15) is 92.3 Å². The first-order valence-electron chi connectivity index (χ1n) is 12.3. The smallest absolute Gasteiger partial charge is 0.163 e. The lowest BCUT2D eigenvalue weighted by Crippen LogP contribution is -2.24. The number of hydrogen-bond acceptors (Lipinski definition) is 4. The largest absolute Gasteiger partial charge is 0.396 e. The Morgan fingerprint density at radius 1 is 1.19 bits per heavy atom. The topological polar surface area (TPSA) is 55.1 Å². The molecule has 0 unspecified atom stereocenters. The molecule has 1 saturated carbocycles. The predicted molar refractivity (Wildman–Crippen MR) is 133 cm³/mol. The molecule has 0 saturated heterocycles. The molecule has 1 aliphatic carbocycles. The van der Waals surface area contributed by atoms with Crippen LogP contribution in [0.25, 0.3) is 11.0 Å². The maximum atomic E-state index is 13.2. The molecule has 4 nitrogen and oxygen atoms in total. The first kappa shape index (κ1) is 23.2. The number of benzene rings is 1. The highest BCUT2D eigenvalue weighted by Gasteiger charge is 2.26. The molecule has 1 atom stereocenters. The minimum absolute atomic E-state index is 0.0787. The van der Waals surface area contributed by atoms with Gasteiger partial charge in [0, 0.05) is 35.9 Å². The van der Waals surface area contributed by atoms with Gasteiger partial charge < -0.3 is 9.67 Å². The lowest BCUT2D eigenvalue weighted by atomic mass is 9.78. The second-order valence-electron chi connectivity index (χ2n) is 9.30. The second-order valence-corrected chi connectivity index (χ2v) is 10.3. The Balaban J connectivity index is 1.62. The number of ketones is 1. The van der Waals surface area contributed by atoms with Crippen molar-refractivity contribution in [2.75, 3.05) is 6.61 Å². The number of thiophene rings is 1. The summed E-state index contributed by atoms with van der Waals surface area (Å²) in [6.07, 6.45) is 9.38. The fourth-order valence-corrected chi connectivity index (χ4v) is 6.12. The maximum absolute atomic E-state index is 13.2. The molecular weight excluding hydrogens is 416 g/mol. The van der Waals surface area contributed by atoms with Gasteiger partial charge in [-0.1, -0.05) is 52.0 Å². The Morgan fingerprint density at radius 2 is 1.97 bits per heavy atom. The van der Waals surface area contributed by atoms with Gasteiger partial charge in [0.1, 0.15) is 5.82 Å². The van der Waals surface area contributed by atoms with Gasteiger partial charge in [0.25, 0.3) is 0 Å². The first-order valence-corrected chi connectivity index (χ1v) is 13.2. The van der Waals surface area contributed by atoms with E-state index >= 15 is 0 Å². The van der Waals surface area contributed by atoms with E-state index in [9.17, 15) is 9.90 Å². The molecule has 32 heavy (non-hydrogen) atoms. The van der Waals surface area contributed by atoms with E-state index < -0.39 is 0 Å². The van der Waals surface area contributed by atoms with E-state index in [0.717, 1.165) is 54.5 Å². The van der Waals surface area contributed by atoms with Crippen molar-refractivity contribution in [2.24, 2.45) is 11.8 Å². The third kappa shape index (κ3) is 4.99. The molecule has 1 aromatic carbocycles. The zero-order chi connectivity index (χ0) is 22.5. The van der Waals surface area contributed by atoms with Crippen LogP contribution in [0, 0.1) is 11.8 Å². The monoisotopic (exact) mass is 452 g/mol. The summed E-state index contributed by atoms with van der Waals surface area (Å²) in [6, 6.07) is 10.7. The number of hydrogen-bond donors (Lipinski definition) is 1. The van der Waals surface area contributed by atoms with Crippen LogP contribution in [-0.2, 0) is 6.42 Å². The van der Waals surface area contributed by atoms with Crippen LogP contribution in [0.5, 0.6) is 0 Å². The Labute approximate surface area is 195 Å². The van der Waals surface area contributed by atoms with Crippen LogP contribution in [0.2, 0.25) is 0 Å². The minimum atomic E-state index is 0.0787. The number of carbonyl (C=O) groups excluding carboxylic acids is 1. The molecule has 2 aromatic heterocycles. The highest BCUT2D eigenvalue weighted by molar-refractivity contribution is 7.09. The Bertz CT molecular complexity index is 1010. The average molecular weight is 453 g/mol. The van der Waals surface area contributed by atoms with Crippen molar-refractivity contribution in [1.29, 1.82) is 0 Å². The number of aromatic nitrogens is 2. The minimum Gasteiger partial charge on any atom is -0.396 e. The van der Waals surface area contributed by atoms with Crippen molar-refractivity contribution in [2.45, 2.75) is 77.7 Å². The van der Waals surface area contributed by atoms with Gasteiger partial charge >= 0.3 is 0 Å². The van der Waals surface area contributed by atoms with Gasteiger partial charge in [-0.25, -0.2) is 4.98 Å². The molecule has 172 valence electrons. The first-order chi connectivity index (χ1) is 15.6. The van der Waals surface area contributed by atoms with Gasteiger partial charge in [0.15, 0.2) is 5.78 Å². The van der Waals surface area contributed by atoms with Crippen molar-refractivity contribution in [3.8, 4) is 0 Å². The summed E-state index contributed by atoms with van der Waals surface area (Å²) in [5.41, 5.74) is 2.75. The standard InChI is InChI=1S/C27H36N2O2S/c1-3-22(4-2)29-25-13-12-20(15-24(25)28-27(29)17-23-11-8-14-32-23)26(31)16-21(18-30)19-9-6-5-7-10-19/h8,11-15,19,21-22,30H,3-7,9-10,16-18H2,1-2H3/t21-/m1/s1. The molecule has 0 radical (unpaired) electrons. The molecule has 5 heteroatoms. The molecule has 1 N–H and O–H groups in total. The molecule has 0 spiro atoms. The van der Waals surface area contributed by atoms with Crippen molar-refractivity contribution < 1.29 is 9.90 Å². The van der Waals surface area contributed by atoms with Crippen LogP contribution in [0.3, 0.4) is 0 Å². The third-order valence-corrected chi connectivity index (χ3v) is 8.18. The third-order valence-electron chi connectivity index (χ3n) is 7.30. The molecule has 1 fully saturated rings. The van der Waals surface area contributed by atoms with E-state index in [1.165, 1.54) is 24.1 Å². The molecule has 4 rings (SSSR count). The van der Waals surface area contributed by atoms with Gasteiger partial charge in [0.2, 0.25) is 0 Å². The molecule has 1 aliphatic rings. The zero-order valence-electron chi connectivity index (χ0n) is 19.4. The Morgan fingerprint density at radius 3 is 2.62 bits per heavy atom. The van der Waals surface area contributed by atoms with Crippen LogP contribution >= 0.6 is 11.3 Å². The SMILES string of the molecule is CCC(CC)n1c(Cc2cccs2)nc2cc(C(=O)C[C@H](CO)C3CCCCC3)ccc21. The van der Waals surface area contributed by atoms with E-state index in [4.69, 9.17) is 4.98 Å². The summed E-state index contributed by atoms with van der Waals surface area (Å²) < 4.78 is 2.39. The summed E-state index contributed by atoms with van der Waals surface area (Å²) in [5.74, 6) is 1.77. The van der Waals surface area contributed by atoms with Crippen LogP contribution in [0.4, 0.5) is 0 Å². The van der Waals surface area contributed by atoms with E-state index in [2.05, 4.69) is 42.0 Å². The number of Topliss-reactive ketones (excluding diaryl/α,β-unsaturated/α-hetero) is 1. The van der Waals surface area contributed by atoms with Crippen LogP contribution < -0.4 is 0 Å². The summed E-state index contributed by atoms with van der Waals surface area (Å²) in [5, 5.41) is 12.1. The van der Waals surface area contributed by atoms with Gasteiger partial charge in [-0.05, 0) is 54.3 Å².